The Bertz CT molecular complexity index is 601. The van der Waals surface area contributed by atoms with Crippen LogP contribution in [0.3, 0.4) is 0 Å². The zero-order valence-corrected chi connectivity index (χ0v) is 8.78. The van der Waals surface area contributed by atoms with Crippen molar-refractivity contribution in [2.24, 2.45) is 7.05 Å². The number of halogens is 1. The molecule has 2 N–H and O–H groups in total. The Kier molecular flexibility index (Phi) is 2.11. The molecule has 0 atom stereocenters. The molecular weight excluding hydrogens is 213 g/mol. The molecule has 2 rings (SSSR count). The molecule has 0 unspecified atom stereocenters. The fourth-order valence-corrected chi connectivity index (χ4v) is 1.84. The van der Waals surface area contributed by atoms with Gasteiger partial charge in [0.15, 0.2) is 11.6 Å². The van der Waals surface area contributed by atoms with Crippen LogP contribution in [0.25, 0.3) is 10.9 Å². The van der Waals surface area contributed by atoms with Crippen LogP contribution in [0.4, 0.5) is 4.39 Å². The first-order valence-electron chi connectivity index (χ1n) is 4.64. The number of aryl methyl sites for hydroxylation is 1. The van der Waals surface area contributed by atoms with Crippen molar-refractivity contribution in [3.63, 3.8) is 0 Å². The van der Waals surface area contributed by atoms with Crippen molar-refractivity contribution in [1.29, 1.82) is 0 Å². The summed E-state index contributed by atoms with van der Waals surface area (Å²) in [6.07, 6.45) is 0. The van der Waals surface area contributed by atoms with Gasteiger partial charge < -0.3 is 14.8 Å². The average Bonchev–Trinajstić information content (AvgIpc) is 2.42. The number of aromatic carboxylic acids is 1. The van der Waals surface area contributed by atoms with Gasteiger partial charge in [-0.05, 0) is 13.0 Å². The van der Waals surface area contributed by atoms with Crippen LogP contribution >= 0.6 is 0 Å². The van der Waals surface area contributed by atoms with E-state index < -0.39 is 17.5 Å². The Labute approximate surface area is 90.5 Å². The molecule has 0 radical (unpaired) electrons. The fourth-order valence-electron chi connectivity index (χ4n) is 1.84. The van der Waals surface area contributed by atoms with E-state index in [4.69, 9.17) is 5.11 Å². The highest BCUT2D eigenvalue weighted by Gasteiger charge is 2.19. The number of hydrogen-bond acceptors (Lipinski definition) is 2. The van der Waals surface area contributed by atoms with Crippen LogP contribution in [0.15, 0.2) is 12.1 Å². The number of rotatable bonds is 1. The number of carboxylic acid groups (broad SMARTS) is 1. The summed E-state index contributed by atoms with van der Waals surface area (Å²) in [5, 5.41) is 18.6. The SMILES string of the molecule is Cc1c(C(=O)O)c2cc(O)c(F)cc2n1C. The molecule has 1 heterocycles. The molecule has 1 aromatic carbocycles. The zero-order valence-electron chi connectivity index (χ0n) is 8.78. The molecule has 0 saturated carbocycles. The Balaban J connectivity index is 2.97. The summed E-state index contributed by atoms with van der Waals surface area (Å²) >= 11 is 0. The van der Waals surface area contributed by atoms with Crippen molar-refractivity contribution in [2.45, 2.75) is 6.92 Å². The maximum absolute atomic E-state index is 13.2. The monoisotopic (exact) mass is 223 g/mol. The van der Waals surface area contributed by atoms with E-state index >= 15 is 0 Å². The average molecular weight is 223 g/mol. The summed E-state index contributed by atoms with van der Waals surface area (Å²) in [6, 6.07) is 2.27. The topological polar surface area (TPSA) is 62.5 Å². The van der Waals surface area contributed by atoms with Crippen molar-refractivity contribution < 1.29 is 19.4 Å². The van der Waals surface area contributed by atoms with Gasteiger partial charge in [-0.15, -0.1) is 0 Å². The minimum Gasteiger partial charge on any atom is -0.505 e. The second-order valence-corrected chi connectivity index (χ2v) is 3.65. The van der Waals surface area contributed by atoms with Gasteiger partial charge in [-0.3, -0.25) is 0 Å². The molecule has 0 spiro atoms. The fraction of sp³-hybridized carbons (Fsp3) is 0.182. The molecule has 0 aliphatic carbocycles. The number of nitrogens with zero attached hydrogens (tertiary/aromatic N) is 1. The van der Waals surface area contributed by atoms with E-state index in [0.717, 1.165) is 12.1 Å². The molecule has 5 heteroatoms. The normalized spacial score (nSPS) is 10.9. The van der Waals surface area contributed by atoms with Crippen molar-refractivity contribution in [1.82, 2.24) is 4.57 Å². The molecule has 16 heavy (non-hydrogen) atoms. The highest BCUT2D eigenvalue weighted by molar-refractivity contribution is 6.05. The van der Waals surface area contributed by atoms with Crippen LogP contribution in [0.2, 0.25) is 0 Å². The van der Waals surface area contributed by atoms with Crippen LogP contribution in [-0.4, -0.2) is 20.7 Å². The smallest absolute Gasteiger partial charge is 0.338 e. The number of carboxylic acids is 1. The van der Waals surface area contributed by atoms with E-state index in [0.29, 0.717) is 16.6 Å². The van der Waals surface area contributed by atoms with Crippen molar-refractivity contribution in [3.8, 4) is 5.75 Å². The number of phenols is 1. The van der Waals surface area contributed by atoms with E-state index in [-0.39, 0.29) is 5.56 Å². The van der Waals surface area contributed by atoms with E-state index in [1.807, 2.05) is 0 Å². The van der Waals surface area contributed by atoms with Gasteiger partial charge in [-0.1, -0.05) is 0 Å². The quantitative estimate of drug-likeness (QED) is 0.777. The number of aromatic hydroxyl groups is 1. The largest absolute Gasteiger partial charge is 0.505 e. The van der Waals surface area contributed by atoms with E-state index in [1.54, 1.807) is 18.5 Å². The third-order valence-electron chi connectivity index (χ3n) is 2.77. The Morgan fingerprint density at radius 2 is 2.06 bits per heavy atom. The Morgan fingerprint density at radius 3 is 2.62 bits per heavy atom. The van der Waals surface area contributed by atoms with Gasteiger partial charge in [0, 0.05) is 24.2 Å². The van der Waals surface area contributed by atoms with Gasteiger partial charge in [0.2, 0.25) is 0 Å². The van der Waals surface area contributed by atoms with Crippen LogP contribution in [-0.2, 0) is 7.05 Å². The number of hydrogen-bond donors (Lipinski definition) is 2. The lowest BCUT2D eigenvalue weighted by atomic mass is 10.1. The first-order valence-corrected chi connectivity index (χ1v) is 4.64. The van der Waals surface area contributed by atoms with E-state index in [1.165, 1.54) is 0 Å². The van der Waals surface area contributed by atoms with Gasteiger partial charge in [0.1, 0.15) is 0 Å². The molecule has 0 saturated heterocycles. The van der Waals surface area contributed by atoms with Crippen LogP contribution < -0.4 is 0 Å². The lowest BCUT2D eigenvalue weighted by Gasteiger charge is -1.99. The van der Waals surface area contributed by atoms with Crippen molar-refractivity contribution in [2.75, 3.05) is 0 Å². The molecular formula is C11H10FNO3. The van der Waals surface area contributed by atoms with Crippen molar-refractivity contribution >= 4 is 16.9 Å². The number of aromatic nitrogens is 1. The second kappa shape index (κ2) is 3.23. The molecule has 0 bridgehead atoms. The number of phenolic OH excluding ortho intramolecular Hbond substituents is 1. The predicted octanol–water partition coefficient (Wildman–Crippen LogP) is 2.03. The molecule has 84 valence electrons. The standard InChI is InChI=1S/C11H10FNO3/c1-5-10(11(15)16)6-3-9(14)7(12)4-8(6)13(5)2/h3-4,14H,1-2H3,(H,15,16). The maximum atomic E-state index is 13.2. The van der Waals surface area contributed by atoms with Gasteiger partial charge in [-0.25, -0.2) is 9.18 Å². The third-order valence-corrected chi connectivity index (χ3v) is 2.77. The van der Waals surface area contributed by atoms with Gasteiger partial charge in [0.05, 0.1) is 11.1 Å². The Morgan fingerprint density at radius 1 is 1.44 bits per heavy atom. The van der Waals surface area contributed by atoms with Crippen LogP contribution in [0, 0.1) is 12.7 Å². The predicted molar refractivity (Wildman–Crippen MR) is 56.2 cm³/mol. The lowest BCUT2D eigenvalue weighted by molar-refractivity contribution is 0.0698. The van der Waals surface area contributed by atoms with Crippen LogP contribution in [0.1, 0.15) is 16.1 Å². The molecule has 1 aromatic heterocycles. The molecule has 4 nitrogen and oxygen atoms in total. The van der Waals surface area contributed by atoms with Gasteiger partial charge in [-0.2, -0.15) is 0 Å². The zero-order chi connectivity index (χ0) is 12.0. The molecule has 2 aromatic rings. The number of carbonyl (C=O) groups is 1. The van der Waals surface area contributed by atoms with Gasteiger partial charge >= 0.3 is 5.97 Å². The van der Waals surface area contributed by atoms with E-state index in [9.17, 15) is 14.3 Å². The summed E-state index contributed by atoms with van der Waals surface area (Å²) in [5.74, 6) is -2.39. The summed E-state index contributed by atoms with van der Waals surface area (Å²) in [4.78, 5) is 11.1. The Hall–Kier alpha value is -2.04. The van der Waals surface area contributed by atoms with Crippen molar-refractivity contribution in [3.05, 3.63) is 29.2 Å². The molecule has 0 amide bonds. The first kappa shape index (κ1) is 10.5. The van der Waals surface area contributed by atoms with Gasteiger partial charge in [0.25, 0.3) is 0 Å². The molecule has 0 aliphatic rings. The maximum Gasteiger partial charge on any atom is 0.338 e. The molecule has 0 aliphatic heterocycles. The summed E-state index contributed by atoms with van der Waals surface area (Å²) in [5.41, 5.74) is 1.06. The highest BCUT2D eigenvalue weighted by atomic mass is 19.1. The summed E-state index contributed by atoms with van der Waals surface area (Å²) < 4.78 is 14.7. The summed E-state index contributed by atoms with van der Waals surface area (Å²) in [7, 11) is 1.65. The van der Waals surface area contributed by atoms with Crippen LogP contribution in [0.5, 0.6) is 5.75 Å². The minimum absolute atomic E-state index is 0.0906. The second-order valence-electron chi connectivity index (χ2n) is 3.65. The molecule has 0 fully saturated rings. The first-order chi connectivity index (χ1) is 7.43. The highest BCUT2D eigenvalue weighted by Crippen LogP contribution is 2.30. The minimum atomic E-state index is -1.09. The number of benzene rings is 1. The summed E-state index contributed by atoms with van der Waals surface area (Å²) in [6.45, 7) is 1.64. The number of fused-ring (bicyclic) bond motifs is 1. The van der Waals surface area contributed by atoms with E-state index in [2.05, 4.69) is 0 Å². The lowest BCUT2D eigenvalue weighted by Crippen LogP contribution is -1.99. The third kappa shape index (κ3) is 1.25.